The molecule has 1 aromatic carbocycles. The molecule has 0 radical (unpaired) electrons. The SMILES string of the molecule is Cc1cc(-c2ccc3c(c2C)C(O)=C(C(=O)NCC(=O)O)C(=O)C3C)ccn1. The van der Waals surface area contributed by atoms with Crippen molar-refractivity contribution in [1.29, 1.82) is 0 Å². The first-order valence-electron chi connectivity index (χ1n) is 8.76. The van der Waals surface area contributed by atoms with E-state index in [0.29, 0.717) is 11.1 Å². The molecule has 144 valence electrons. The van der Waals surface area contributed by atoms with Gasteiger partial charge in [-0.3, -0.25) is 19.4 Å². The predicted molar refractivity (Wildman–Crippen MR) is 103 cm³/mol. The molecule has 1 aliphatic rings. The number of amides is 1. The maximum Gasteiger partial charge on any atom is 0.322 e. The third kappa shape index (κ3) is 3.26. The number of nitrogens with zero attached hydrogens (tertiary/aromatic N) is 1. The Morgan fingerprint density at radius 1 is 1.21 bits per heavy atom. The maximum atomic E-state index is 12.7. The van der Waals surface area contributed by atoms with Gasteiger partial charge < -0.3 is 15.5 Å². The fraction of sp³-hybridized carbons (Fsp3) is 0.238. The molecule has 0 bridgehead atoms. The molecule has 1 unspecified atom stereocenters. The van der Waals surface area contributed by atoms with Crippen molar-refractivity contribution in [3.05, 3.63) is 58.4 Å². The molecule has 1 heterocycles. The Hall–Kier alpha value is -3.48. The normalized spacial score (nSPS) is 16.0. The number of carbonyl (C=O) groups is 3. The molecule has 1 aromatic heterocycles. The summed E-state index contributed by atoms with van der Waals surface area (Å²) in [5.41, 5.74) is 3.97. The zero-order chi connectivity index (χ0) is 20.6. The first kappa shape index (κ1) is 19.3. The largest absolute Gasteiger partial charge is 0.506 e. The quantitative estimate of drug-likeness (QED) is 0.702. The van der Waals surface area contributed by atoms with Crippen LogP contribution in [0, 0.1) is 13.8 Å². The average molecular weight is 380 g/mol. The summed E-state index contributed by atoms with van der Waals surface area (Å²) in [5.74, 6) is -3.74. The average Bonchev–Trinajstić information content (AvgIpc) is 2.64. The van der Waals surface area contributed by atoms with Gasteiger partial charge in [0.25, 0.3) is 5.91 Å². The fourth-order valence-electron chi connectivity index (χ4n) is 3.50. The summed E-state index contributed by atoms with van der Waals surface area (Å²) >= 11 is 0. The van der Waals surface area contributed by atoms with E-state index >= 15 is 0 Å². The van der Waals surface area contributed by atoms with Crippen LogP contribution >= 0.6 is 0 Å². The molecule has 1 aliphatic carbocycles. The van der Waals surface area contributed by atoms with Crippen LogP contribution in [-0.2, 0) is 14.4 Å². The molecular formula is C21H20N2O5. The Labute approximate surface area is 161 Å². The highest BCUT2D eigenvalue weighted by Gasteiger charge is 2.36. The number of aromatic nitrogens is 1. The number of carbonyl (C=O) groups excluding carboxylic acids is 2. The van der Waals surface area contributed by atoms with E-state index in [9.17, 15) is 19.5 Å². The smallest absolute Gasteiger partial charge is 0.322 e. The fourth-order valence-corrected chi connectivity index (χ4v) is 3.50. The van der Waals surface area contributed by atoms with Crippen molar-refractivity contribution in [3.8, 4) is 11.1 Å². The summed E-state index contributed by atoms with van der Waals surface area (Å²) in [7, 11) is 0. The molecule has 7 heteroatoms. The van der Waals surface area contributed by atoms with Gasteiger partial charge in [-0.15, -0.1) is 0 Å². The van der Waals surface area contributed by atoms with E-state index in [4.69, 9.17) is 5.11 Å². The highest BCUT2D eigenvalue weighted by atomic mass is 16.4. The number of fused-ring (bicyclic) bond motifs is 1. The van der Waals surface area contributed by atoms with Crippen molar-refractivity contribution in [2.24, 2.45) is 0 Å². The Balaban J connectivity index is 2.17. The Morgan fingerprint density at radius 3 is 2.57 bits per heavy atom. The third-order valence-corrected chi connectivity index (χ3v) is 4.91. The standard InChI is InChI=1S/C21H20N2O5/c1-10-8-13(6-7-22-10)14-4-5-15-12(3)19(26)18(20(27)17(15)11(14)2)21(28)23-9-16(24)25/h4-8,12,27H,9H2,1-3H3,(H,23,28)(H,24,25). The number of ketones is 1. The van der Waals surface area contributed by atoms with Crippen LogP contribution in [-0.4, -0.2) is 39.4 Å². The lowest BCUT2D eigenvalue weighted by Gasteiger charge is -2.26. The summed E-state index contributed by atoms with van der Waals surface area (Å²) in [4.78, 5) is 39.9. The summed E-state index contributed by atoms with van der Waals surface area (Å²) in [6, 6.07) is 7.42. The van der Waals surface area contributed by atoms with Crippen LogP contribution in [0.4, 0.5) is 0 Å². The second-order valence-electron chi connectivity index (χ2n) is 6.77. The molecule has 0 fully saturated rings. The number of hydrogen-bond acceptors (Lipinski definition) is 5. The van der Waals surface area contributed by atoms with Crippen molar-refractivity contribution >= 4 is 23.4 Å². The lowest BCUT2D eigenvalue weighted by Crippen LogP contribution is -2.36. The van der Waals surface area contributed by atoms with E-state index < -0.39 is 41.5 Å². The lowest BCUT2D eigenvalue weighted by molar-refractivity contribution is -0.137. The van der Waals surface area contributed by atoms with Gasteiger partial charge in [0.1, 0.15) is 17.9 Å². The first-order valence-corrected chi connectivity index (χ1v) is 8.76. The number of carboxylic acids is 1. The highest BCUT2D eigenvalue weighted by molar-refractivity contribution is 6.27. The van der Waals surface area contributed by atoms with E-state index in [1.807, 2.05) is 32.0 Å². The summed E-state index contributed by atoms with van der Waals surface area (Å²) < 4.78 is 0. The zero-order valence-corrected chi connectivity index (χ0v) is 15.7. The molecule has 0 aliphatic heterocycles. The number of aryl methyl sites for hydroxylation is 1. The number of benzene rings is 1. The molecule has 28 heavy (non-hydrogen) atoms. The van der Waals surface area contributed by atoms with Gasteiger partial charge in [-0.1, -0.05) is 19.1 Å². The molecule has 1 amide bonds. The van der Waals surface area contributed by atoms with Crippen LogP contribution in [0.5, 0.6) is 0 Å². The number of rotatable bonds is 4. The van der Waals surface area contributed by atoms with Gasteiger partial charge in [-0.2, -0.15) is 0 Å². The monoisotopic (exact) mass is 380 g/mol. The molecule has 7 nitrogen and oxygen atoms in total. The van der Waals surface area contributed by atoms with Gasteiger partial charge in [0.05, 0.1) is 0 Å². The number of nitrogens with one attached hydrogen (secondary N) is 1. The number of hydrogen-bond donors (Lipinski definition) is 3. The second-order valence-corrected chi connectivity index (χ2v) is 6.77. The Bertz CT molecular complexity index is 1040. The van der Waals surface area contributed by atoms with Gasteiger partial charge in [-0.25, -0.2) is 0 Å². The van der Waals surface area contributed by atoms with Crippen molar-refractivity contribution in [3.63, 3.8) is 0 Å². The summed E-state index contributed by atoms with van der Waals surface area (Å²) in [6.07, 6.45) is 1.69. The molecule has 0 saturated heterocycles. The van der Waals surface area contributed by atoms with Crippen molar-refractivity contribution < 1.29 is 24.6 Å². The minimum Gasteiger partial charge on any atom is -0.506 e. The van der Waals surface area contributed by atoms with Gasteiger partial charge in [0.2, 0.25) is 0 Å². The molecule has 2 aromatic rings. The zero-order valence-electron chi connectivity index (χ0n) is 15.7. The molecule has 0 saturated carbocycles. The lowest BCUT2D eigenvalue weighted by atomic mass is 9.78. The van der Waals surface area contributed by atoms with Crippen LogP contribution in [0.25, 0.3) is 16.9 Å². The predicted octanol–water partition coefficient (Wildman–Crippen LogP) is 2.52. The third-order valence-electron chi connectivity index (χ3n) is 4.91. The first-order chi connectivity index (χ1) is 13.2. The number of carboxylic acid groups (broad SMARTS) is 1. The van der Waals surface area contributed by atoms with E-state index in [2.05, 4.69) is 10.3 Å². The molecule has 3 N–H and O–H groups in total. The van der Waals surface area contributed by atoms with Gasteiger partial charge >= 0.3 is 5.97 Å². The number of aliphatic hydroxyl groups is 1. The summed E-state index contributed by atoms with van der Waals surface area (Å²) in [6.45, 7) is 4.71. The van der Waals surface area contributed by atoms with Crippen LogP contribution in [0.1, 0.15) is 35.2 Å². The summed E-state index contributed by atoms with van der Waals surface area (Å²) in [5, 5.41) is 21.7. The molecule has 0 spiro atoms. The van der Waals surface area contributed by atoms with Crippen LogP contribution in [0.15, 0.2) is 36.0 Å². The van der Waals surface area contributed by atoms with E-state index in [1.54, 1.807) is 19.2 Å². The topological polar surface area (TPSA) is 117 Å². The minimum atomic E-state index is -1.24. The van der Waals surface area contributed by atoms with Gasteiger partial charge in [-0.05, 0) is 48.2 Å². The molecule has 3 rings (SSSR count). The number of Topliss-reactive ketones (excluding diaryl/α,β-unsaturated/α-hetero) is 1. The number of aliphatic carboxylic acids is 1. The van der Waals surface area contributed by atoms with Crippen LogP contribution in [0.2, 0.25) is 0 Å². The van der Waals surface area contributed by atoms with E-state index in [-0.39, 0.29) is 0 Å². The second kappa shape index (κ2) is 7.26. The van der Waals surface area contributed by atoms with Crippen molar-refractivity contribution in [2.45, 2.75) is 26.7 Å². The van der Waals surface area contributed by atoms with Gasteiger partial charge in [0.15, 0.2) is 5.78 Å². The minimum absolute atomic E-state index is 0.410. The maximum absolute atomic E-state index is 12.7. The van der Waals surface area contributed by atoms with E-state index in [0.717, 1.165) is 22.4 Å². The Kier molecular flexibility index (Phi) is 5.00. The van der Waals surface area contributed by atoms with Crippen LogP contribution in [0.3, 0.4) is 0 Å². The van der Waals surface area contributed by atoms with E-state index in [1.165, 1.54) is 0 Å². The molecule has 1 atom stereocenters. The number of pyridine rings is 1. The van der Waals surface area contributed by atoms with Gasteiger partial charge in [0, 0.05) is 23.4 Å². The Morgan fingerprint density at radius 2 is 1.93 bits per heavy atom. The van der Waals surface area contributed by atoms with Crippen molar-refractivity contribution in [2.75, 3.05) is 6.54 Å². The highest BCUT2D eigenvalue weighted by Crippen LogP contribution is 2.40. The molecular weight excluding hydrogens is 360 g/mol. The van der Waals surface area contributed by atoms with Crippen molar-refractivity contribution in [1.82, 2.24) is 10.3 Å². The van der Waals surface area contributed by atoms with Crippen LogP contribution < -0.4 is 5.32 Å². The number of aliphatic hydroxyl groups excluding tert-OH is 1.